The molecule has 152 valence electrons. The Morgan fingerprint density at radius 1 is 1.07 bits per heavy atom. The Morgan fingerprint density at radius 3 is 2.50 bits per heavy atom. The number of carbonyl (C=O) groups excluding carboxylic acids is 2. The second-order valence-corrected chi connectivity index (χ2v) is 6.76. The molecule has 0 saturated heterocycles. The summed E-state index contributed by atoms with van der Waals surface area (Å²) in [5.41, 5.74) is 6.68. The number of amides is 2. The van der Waals surface area contributed by atoms with Gasteiger partial charge in [0.15, 0.2) is 11.3 Å². The van der Waals surface area contributed by atoms with Gasteiger partial charge in [-0.2, -0.15) is 10.2 Å². The Balaban J connectivity index is 1.62. The number of nitrogens with zero attached hydrogens (tertiary/aromatic N) is 5. The van der Waals surface area contributed by atoms with E-state index in [1.54, 1.807) is 35.7 Å². The largest absolute Gasteiger partial charge is 0.290 e. The maximum Gasteiger partial charge on any atom is 0.290 e. The van der Waals surface area contributed by atoms with Gasteiger partial charge in [-0.25, -0.2) is 14.2 Å². The lowest BCUT2D eigenvalue weighted by molar-refractivity contribution is 0.0844. The number of rotatable bonds is 3. The molecule has 30 heavy (non-hydrogen) atoms. The molecule has 0 bridgehead atoms. The summed E-state index contributed by atoms with van der Waals surface area (Å²) in [7, 11) is 0. The van der Waals surface area contributed by atoms with Gasteiger partial charge < -0.3 is 0 Å². The fraction of sp³-hybridized carbons (Fsp3) is 0.200. The third-order valence-electron chi connectivity index (χ3n) is 4.69. The van der Waals surface area contributed by atoms with Crippen molar-refractivity contribution in [2.75, 3.05) is 0 Å². The van der Waals surface area contributed by atoms with Crippen LogP contribution in [0.25, 0.3) is 16.4 Å². The summed E-state index contributed by atoms with van der Waals surface area (Å²) in [5, 5.41) is 9.10. The molecule has 2 N–H and O–H groups in total. The molecule has 10 heteroatoms. The van der Waals surface area contributed by atoms with Gasteiger partial charge in [-0.05, 0) is 32.9 Å². The number of carbonyl (C=O) groups is 2. The smallest absolute Gasteiger partial charge is 0.267 e. The molecule has 3 aromatic heterocycles. The Bertz CT molecular complexity index is 1370. The summed E-state index contributed by atoms with van der Waals surface area (Å²) < 4.78 is 2.76. The summed E-state index contributed by atoms with van der Waals surface area (Å²) in [6.45, 7) is 5.75. The van der Waals surface area contributed by atoms with E-state index in [0.29, 0.717) is 23.0 Å². The molecule has 0 aliphatic rings. The third-order valence-corrected chi connectivity index (χ3v) is 4.69. The molecule has 10 nitrogen and oxygen atoms in total. The van der Waals surface area contributed by atoms with Gasteiger partial charge in [0.1, 0.15) is 5.56 Å². The molecule has 4 aromatic rings. The molecule has 2 amide bonds. The second kappa shape index (κ2) is 7.39. The molecule has 0 unspecified atom stereocenters. The van der Waals surface area contributed by atoms with E-state index >= 15 is 0 Å². The maximum atomic E-state index is 12.7. The first kappa shape index (κ1) is 19.2. The van der Waals surface area contributed by atoms with Gasteiger partial charge >= 0.3 is 0 Å². The van der Waals surface area contributed by atoms with Gasteiger partial charge in [-0.15, -0.1) is 0 Å². The third kappa shape index (κ3) is 3.17. The zero-order chi connectivity index (χ0) is 21.4. The normalized spacial score (nSPS) is 11.0. The predicted octanol–water partition coefficient (Wildman–Crippen LogP) is 1.15. The van der Waals surface area contributed by atoms with E-state index in [0.717, 1.165) is 11.4 Å². The quantitative estimate of drug-likeness (QED) is 0.493. The van der Waals surface area contributed by atoms with Gasteiger partial charge in [0.2, 0.25) is 0 Å². The number of aryl methyl sites for hydroxylation is 3. The topological polar surface area (TPSA) is 123 Å². The van der Waals surface area contributed by atoms with Crippen LogP contribution in [0.5, 0.6) is 0 Å². The van der Waals surface area contributed by atoms with Crippen LogP contribution >= 0.6 is 0 Å². The average molecular weight is 405 g/mol. The maximum absolute atomic E-state index is 12.7. The van der Waals surface area contributed by atoms with E-state index in [4.69, 9.17) is 0 Å². The Morgan fingerprint density at radius 2 is 1.77 bits per heavy atom. The van der Waals surface area contributed by atoms with Crippen LogP contribution in [-0.4, -0.2) is 36.2 Å². The lowest BCUT2D eigenvalue weighted by atomic mass is 10.1. The molecule has 0 atom stereocenters. The van der Waals surface area contributed by atoms with Crippen LogP contribution in [0.15, 0.2) is 41.3 Å². The SMILES string of the molecule is CCn1nc(C(=O)NNC(=O)c2cnn3c(C)cc(C)nc23)c2ccccc2c1=O. The molecular weight excluding hydrogens is 386 g/mol. The van der Waals surface area contributed by atoms with Crippen LogP contribution in [0.1, 0.15) is 39.2 Å². The highest BCUT2D eigenvalue weighted by Crippen LogP contribution is 2.14. The molecule has 0 aliphatic carbocycles. The first-order valence-electron chi connectivity index (χ1n) is 9.33. The average Bonchev–Trinajstić information content (AvgIpc) is 3.16. The molecule has 0 saturated carbocycles. The molecule has 0 spiro atoms. The van der Waals surface area contributed by atoms with Crippen molar-refractivity contribution >= 4 is 28.2 Å². The zero-order valence-corrected chi connectivity index (χ0v) is 16.6. The van der Waals surface area contributed by atoms with E-state index in [1.165, 1.54) is 10.9 Å². The van der Waals surface area contributed by atoms with E-state index < -0.39 is 11.8 Å². The molecule has 1 aromatic carbocycles. The van der Waals surface area contributed by atoms with Crippen molar-refractivity contribution in [3.05, 3.63) is 69.5 Å². The lowest BCUT2D eigenvalue weighted by Gasteiger charge is -2.10. The van der Waals surface area contributed by atoms with E-state index in [1.807, 2.05) is 19.9 Å². The zero-order valence-electron chi connectivity index (χ0n) is 16.6. The van der Waals surface area contributed by atoms with E-state index in [2.05, 4.69) is 26.0 Å². The minimum absolute atomic E-state index is 0.0389. The first-order chi connectivity index (χ1) is 14.4. The number of hydrogen-bond acceptors (Lipinski definition) is 6. The van der Waals surface area contributed by atoms with Gasteiger partial charge in [-0.3, -0.25) is 25.2 Å². The van der Waals surface area contributed by atoms with Crippen molar-refractivity contribution in [3.8, 4) is 0 Å². The van der Waals surface area contributed by atoms with E-state index in [9.17, 15) is 14.4 Å². The summed E-state index contributed by atoms with van der Waals surface area (Å²) >= 11 is 0. The van der Waals surface area contributed by atoms with Crippen LogP contribution < -0.4 is 16.4 Å². The molecule has 0 fully saturated rings. The standard InChI is InChI=1S/C20H19N7O3/c1-4-26-20(30)14-8-6-5-7-13(14)16(25-26)19(29)24-23-18(28)15-10-21-27-12(3)9-11(2)22-17(15)27/h5-10H,4H2,1-3H3,(H,23,28)(H,24,29). The van der Waals surface area contributed by atoms with Gasteiger partial charge in [-0.1, -0.05) is 18.2 Å². The van der Waals surface area contributed by atoms with E-state index in [-0.39, 0.29) is 16.8 Å². The molecule has 3 heterocycles. The summed E-state index contributed by atoms with van der Waals surface area (Å²) in [4.78, 5) is 42.1. The number of aromatic nitrogens is 5. The predicted molar refractivity (Wildman–Crippen MR) is 109 cm³/mol. The van der Waals surface area contributed by atoms with Crippen LogP contribution in [0.2, 0.25) is 0 Å². The van der Waals surface area contributed by atoms with Crippen molar-refractivity contribution in [3.63, 3.8) is 0 Å². The lowest BCUT2D eigenvalue weighted by Crippen LogP contribution is -2.42. The van der Waals surface area contributed by atoms with Crippen molar-refractivity contribution in [2.45, 2.75) is 27.3 Å². The number of nitrogens with one attached hydrogen (secondary N) is 2. The summed E-state index contributed by atoms with van der Waals surface area (Å²) in [6.07, 6.45) is 1.39. The highest BCUT2D eigenvalue weighted by Gasteiger charge is 2.19. The second-order valence-electron chi connectivity index (χ2n) is 6.76. The fourth-order valence-electron chi connectivity index (χ4n) is 3.29. The van der Waals surface area contributed by atoms with Crippen molar-refractivity contribution < 1.29 is 9.59 Å². The molecule has 0 aliphatic heterocycles. The number of hydrogen-bond donors (Lipinski definition) is 2. The van der Waals surface area contributed by atoms with Gasteiger partial charge in [0.25, 0.3) is 17.4 Å². The Labute approximate surface area is 170 Å². The van der Waals surface area contributed by atoms with Crippen molar-refractivity contribution in [2.24, 2.45) is 0 Å². The Hall–Kier alpha value is -4.08. The van der Waals surface area contributed by atoms with Gasteiger partial charge in [0, 0.05) is 23.3 Å². The van der Waals surface area contributed by atoms with Crippen molar-refractivity contribution in [1.29, 1.82) is 0 Å². The van der Waals surface area contributed by atoms with Crippen LogP contribution in [0.4, 0.5) is 0 Å². The first-order valence-corrected chi connectivity index (χ1v) is 9.33. The van der Waals surface area contributed by atoms with Crippen molar-refractivity contribution in [1.82, 2.24) is 35.2 Å². The van der Waals surface area contributed by atoms with Crippen LogP contribution in [-0.2, 0) is 6.54 Å². The molecule has 4 rings (SSSR count). The highest BCUT2D eigenvalue weighted by molar-refractivity contribution is 6.06. The fourth-order valence-corrected chi connectivity index (χ4v) is 3.29. The number of fused-ring (bicyclic) bond motifs is 2. The van der Waals surface area contributed by atoms with Gasteiger partial charge in [0.05, 0.1) is 11.6 Å². The van der Waals surface area contributed by atoms with Crippen LogP contribution in [0, 0.1) is 13.8 Å². The molecule has 0 radical (unpaired) electrons. The highest BCUT2D eigenvalue weighted by atomic mass is 16.2. The van der Waals surface area contributed by atoms with Crippen LogP contribution in [0.3, 0.4) is 0 Å². The number of hydrazine groups is 1. The molecular formula is C20H19N7O3. The summed E-state index contributed by atoms with van der Waals surface area (Å²) in [5.74, 6) is -1.21. The number of benzene rings is 1. The summed E-state index contributed by atoms with van der Waals surface area (Å²) in [6, 6.07) is 8.56. The minimum Gasteiger partial charge on any atom is -0.267 e. The Kier molecular flexibility index (Phi) is 4.74. The minimum atomic E-state index is -0.640. The monoisotopic (exact) mass is 405 g/mol.